The highest BCUT2D eigenvalue weighted by Crippen LogP contribution is 2.07. The van der Waals surface area contributed by atoms with Crippen LogP contribution in [0.5, 0.6) is 0 Å². The molecule has 20 heavy (non-hydrogen) atoms. The van der Waals surface area contributed by atoms with Crippen molar-refractivity contribution in [2.45, 2.75) is 45.8 Å². The summed E-state index contributed by atoms with van der Waals surface area (Å²) in [7, 11) is 3.05. The molecule has 1 amide bonds. The van der Waals surface area contributed by atoms with E-state index in [-0.39, 0.29) is 18.4 Å². The van der Waals surface area contributed by atoms with Gasteiger partial charge in [-0.3, -0.25) is 9.69 Å². The lowest BCUT2D eigenvalue weighted by molar-refractivity contribution is -0.145. The third kappa shape index (κ3) is 8.87. The van der Waals surface area contributed by atoms with E-state index in [1.54, 1.807) is 25.8 Å². The van der Waals surface area contributed by atoms with Gasteiger partial charge in [-0.05, 0) is 33.2 Å². The summed E-state index contributed by atoms with van der Waals surface area (Å²) in [6.07, 6.45) is 0.535. The average molecular weight is 288 g/mol. The number of hydrogen-bond donors (Lipinski definition) is 2. The van der Waals surface area contributed by atoms with Crippen LogP contribution in [0.4, 0.5) is 0 Å². The molecule has 0 aromatic rings. The molecular formula is C14H28N2O4. The Hall–Kier alpha value is -1.14. The lowest BCUT2D eigenvalue weighted by Gasteiger charge is -2.26. The smallest absolute Gasteiger partial charge is 0.328 e. The molecule has 1 atom stereocenters. The average Bonchev–Trinajstić information content (AvgIpc) is 2.23. The Morgan fingerprint density at radius 3 is 2.30 bits per heavy atom. The zero-order valence-corrected chi connectivity index (χ0v) is 13.4. The molecular weight excluding hydrogens is 260 g/mol. The minimum Gasteiger partial charge on any atom is -0.467 e. The van der Waals surface area contributed by atoms with Crippen LogP contribution >= 0.6 is 0 Å². The Labute approximate surface area is 121 Å². The summed E-state index contributed by atoms with van der Waals surface area (Å²) < 4.78 is 4.69. The number of carbonyl (C=O) groups is 2. The third-order valence-electron chi connectivity index (χ3n) is 2.60. The van der Waals surface area contributed by atoms with E-state index in [4.69, 9.17) is 4.74 Å². The molecule has 6 nitrogen and oxygen atoms in total. The van der Waals surface area contributed by atoms with Crippen LogP contribution in [0.2, 0.25) is 0 Å². The molecule has 0 aliphatic carbocycles. The van der Waals surface area contributed by atoms with Crippen molar-refractivity contribution in [1.82, 2.24) is 10.2 Å². The highest BCUT2D eigenvalue weighted by Gasteiger charge is 2.24. The molecule has 0 rings (SSSR count). The summed E-state index contributed by atoms with van der Waals surface area (Å²) in [6.45, 7) is 7.79. The van der Waals surface area contributed by atoms with E-state index in [0.717, 1.165) is 0 Å². The van der Waals surface area contributed by atoms with Gasteiger partial charge in [0.25, 0.3) is 0 Å². The number of aliphatic hydroxyl groups is 1. The van der Waals surface area contributed by atoms with Gasteiger partial charge < -0.3 is 15.2 Å². The fourth-order valence-corrected chi connectivity index (χ4v) is 2.03. The number of likely N-dealkylation sites (N-methyl/N-ethyl adjacent to an activating group) is 1. The number of ether oxygens (including phenoxy) is 1. The van der Waals surface area contributed by atoms with Crippen LogP contribution in [-0.2, 0) is 14.3 Å². The van der Waals surface area contributed by atoms with Crippen molar-refractivity contribution in [2.24, 2.45) is 5.92 Å². The molecule has 1 unspecified atom stereocenters. The molecule has 0 aliphatic heterocycles. The van der Waals surface area contributed by atoms with Gasteiger partial charge in [0.05, 0.1) is 19.3 Å². The second kappa shape index (κ2) is 8.21. The first-order valence-corrected chi connectivity index (χ1v) is 6.83. The summed E-state index contributed by atoms with van der Waals surface area (Å²) in [5.41, 5.74) is -0.866. The first-order chi connectivity index (χ1) is 9.05. The van der Waals surface area contributed by atoms with Gasteiger partial charge >= 0.3 is 5.97 Å². The van der Waals surface area contributed by atoms with Crippen LogP contribution < -0.4 is 5.32 Å². The Morgan fingerprint density at radius 2 is 1.90 bits per heavy atom. The van der Waals surface area contributed by atoms with Crippen molar-refractivity contribution >= 4 is 11.9 Å². The van der Waals surface area contributed by atoms with Crippen LogP contribution in [0, 0.1) is 5.92 Å². The third-order valence-corrected chi connectivity index (χ3v) is 2.60. The number of esters is 1. The van der Waals surface area contributed by atoms with Crippen molar-refractivity contribution < 1.29 is 19.4 Å². The van der Waals surface area contributed by atoms with Gasteiger partial charge in [0.1, 0.15) is 6.04 Å². The molecule has 0 bridgehead atoms. The largest absolute Gasteiger partial charge is 0.467 e. The predicted molar refractivity (Wildman–Crippen MR) is 77.2 cm³/mol. The number of rotatable bonds is 8. The molecule has 118 valence electrons. The maximum absolute atomic E-state index is 11.9. The second-order valence-corrected chi connectivity index (χ2v) is 6.26. The van der Waals surface area contributed by atoms with Crippen molar-refractivity contribution in [3.63, 3.8) is 0 Å². The van der Waals surface area contributed by atoms with Gasteiger partial charge in [0, 0.05) is 6.54 Å². The number of nitrogens with one attached hydrogen (secondary N) is 1. The highest BCUT2D eigenvalue weighted by molar-refractivity contribution is 5.85. The minimum absolute atomic E-state index is 0.121. The van der Waals surface area contributed by atoms with E-state index in [1.165, 1.54) is 7.11 Å². The van der Waals surface area contributed by atoms with Crippen molar-refractivity contribution in [3.05, 3.63) is 0 Å². The zero-order valence-electron chi connectivity index (χ0n) is 13.4. The topological polar surface area (TPSA) is 78.9 Å². The maximum Gasteiger partial charge on any atom is 0.328 e. The molecule has 0 aliphatic rings. The first kappa shape index (κ1) is 18.9. The van der Waals surface area contributed by atoms with E-state index in [2.05, 4.69) is 5.32 Å². The molecule has 0 fully saturated rings. The van der Waals surface area contributed by atoms with E-state index < -0.39 is 17.6 Å². The van der Waals surface area contributed by atoms with Crippen molar-refractivity contribution in [2.75, 3.05) is 27.2 Å². The molecule has 0 aromatic heterocycles. The quantitative estimate of drug-likeness (QED) is 0.632. The SMILES string of the molecule is COC(=O)C(CC(C)C)NC(=O)CN(C)CC(C)(C)O. The summed E-state index contributed by atoms with van der Waals surface area (Å²) in [5, 5.41) is 12.4. The number of hydrogen-bond acceptors (Lipinski definition) is 5. The van der Waals surface area contributed by atoms with Gasteiger partial charge in [-0.1, -0.05) is 13.8 Å². The van der Waals surface area contributed by atoms with Crippen LogP contribution in [-0.4, -0.2) is 60.8 Å². The number of amides is 1. The van der Waals surface area contributed by atoms with Crippen molar-refractivity contribution in [1.29, 1.82) is 0 Å². The molecule has 0 radical (unpaired) electrons. The lowest BCUT2D eigenvalue weighted by atomic mass is 10.0. The fourth-order valence-electron chi connectivity index (χ4n) is 2.03. The van der Waals surface area contributed by atoms with Gasteiger partial charge in [-0.2, -0.15) is 0 Å². The monoisotopic (exact) mass is 288 g/mol. The first-order valence-electron chi connectivity index (χ1n) is 6.83. The maximum atomic E-state index is 11.9. The summed E-state index contributed by atoms with van der Waals surface area (Å²) >= 11 is 0. The molecule has 0 aromatic carbocycles. The van der Waals surface area contributed by atoms with E-state index >= 15 is 0 Å². The molecule has 0 saturated heterocycles. The highest BCUT2D eigenvalue weighted by atomic mass is 16.5. The van der Waals surface area contributed by atoms with Gasteiger partial charge in [0.2, 0.25) is 5.91 Å². The van der Waals surface area contributed by atoms with Crippen LogP contribution in [0.25, 0.3) is 0 Å². The van der Waals surface area contributed by atoms with Crippen LogP contribution in [0.15, 0.2) is 0 Å². The van der Waals surface area contributed by atoms with E-state index in [0.29, 0.717) is 13.0 Å². The number of nitrogens with zero attached hydrogens (tertiary/aromatic N) is 1. The molecule has 0 saturated carbocycles. The number of methoxy groups -OCH3 is 1. The summed E-state index contributed by atoms with van der Waals surface area (Å²) in [4.78, 5) is 25.2. The Morgan fingerprint density at radius 1 is 1.35 bits per heavy atom. The Kier molecular flexibility index (Phi) is 7.75. The molecule has 0 spiro atoms. The fraction of sp³-hybridized carbons (Fsp3) is 0.857. The van der Waals surface area contributed by atoms with Gasteiger partial charge in [0.15, 0.2) is 0 Å². The van der Waals surface area contributed by atoms with Crippen molar-refractivity contribution in [3.8, 4) is 0 Å². The normalized spacial score (nSPS) is 13.4. The van der Waals surface area contributed by atoms with Gasteiger partial charge in [-0.25, -0.2) is 4.79 Å². The minimum atomic E-state index is -0.866. The predicted octanol–water partition coefficient (Wildman–Crippen LogP) is 0.393. The number of carbonyl (C=O) groups excluding carboxylic acids is 2. The van der Waals surface area contributed by atoms with Crippen LogP contribution in [0.1, 0.15) is 34.1 Å². The molecule has 2 N–H and O–H groups in total. The Balaban J connectivity index is 4.42. The second-order valence-electron chi connectivity index (χ2n) is 6.26. The summed E-state index contributed by atoms with van der Waals surface area (Å²) in [6, 6.07) is -0.622. The van der Waals surface area contributed by atoms with E-state index in [9.17, 15) is 14.7 Å². The lowest BCUT2D eigenvalue weighted by Crippen LogP contribution is -2.47. The Bertz CT molecular complexity index is 324. The molecule has 0 heterocycles. The van der Waals surface area contributed by atoms with E-state index in [1.807, 2.05) is 13.8 Å². The van der Waals surface area contributed by atoms with Gasteiger partial charge in [-0.15, -0.1) is 0 Å². The van der Waals surface area contributed by atoms with Crippen LogP contribution in [0.3, 0.4) is 0 Å². The molecule has 6 heteroatoms. The zero-order chi connectivity index (χ0) is 15.9. The standard InChI is InChI=1S/C14H28N2O4/c1-10(2)7-11(13(18)20-6)15-12(17)8-16(5)9-14(3,4)19/h10-11,19H,7-9H2,1-6H3,(H,15,17). The summed E-state index contributed by atoms with van der Waals surface area (Å²) in [5.74, 6) is -0.418.